The van der Waals surface area contributed by atoms with Crippen LogP contribution in [0.25, 0.3) is 0 Å². The topological polar surface area (TPSA) is 98.2 Å². The lowest BCUT2D eigenvalue weighted by molar-refractivity contribution is -0.140. The largest absolute Gasteiger partial charge is 0.480 e. The highest BCUT2D eigenvalue weighted by atomic mass is 16.4. The minimum absolute atomic E-state index is 0.436. The number of hydrogen-bond acceptors (Lipinski definition) is 3. The second-order valence-corrected chi connectivity index (χ2v) is 4.96. The Morgan fingerprint density at radius 1 is 1.05 bits per heavy atom. The molecule has 19 heavy (non-hydrogen) atoms. The molecule has 0 aromatic carbocycles. The smallest absolute Gasteiger partial charge is 0.323 e. The lowest BCUT2D eigenvalue weighted by atomic mass is 10.1. The molecule has 0 aromatic heterocycles. The van der Waals surface area contributed by atoms with E-state index in [1.165, 1.54) is 4.90 Å². The van der Waals surface area contributed by atoms with E-state index in [0.717, 1.165) is 30.6 Å². The van der Waals surface area contributed by atoms with E-state index in [-0.39, 0.29) is 0 Å². The first kappa shape index (κ1) is 15.3. The monoisotopic (exact) mass is 272 g/mol. The predicted octanol–water partition coefficient (Wildman–Crippen LogP) is 0.700. The molecular formula is C12H20N2O5. The van der Waals surface area contributed by atoms with Gasteiger partial charge in [-0.15, -0.1) is 0 Å². The van der Waals surface area contributed by atoms with E-state index < -0.39 is 31.1 Å². The number of amides is 2. The molecule has 0 atom stereocenters. The molecule has 0 radical (unpaired) electrons. The molecule has 7 nitrogen and oxygen atoms in total. The Labute approximate surface area is 111 Å². The first-order valence-corrected chi connectivity index (χ1v) is 6.33. The van der Waals surface area contributed by atoms with Crippen LogP contribution >= 0.6 is 0 Å². The lowest BCUT2D eigenvalue weighted by Gasteiger charge is -2.27. The first-order valence-electron chi connectivity index (χ1n) is 6.33. The minimum atomic E-state index is -1.22. The van der Waals surface area contributed by atoms with Crippen LogP contribution in [0.4, 0.5) is 4.79 Å². The van der Waals surface area contributed by atoms with E-state index in [1.807, 2.05) is 0 Å². The number of aliphatic carboxylic acids is 2. The number of rotatable bonds is 6. The fourth-order valence-electron chi connectivity index (χ4n) is 2.42. The molecule has 0 spiro atoms. The summed E-state index contributed by atoms with van der Waals surface area (Å²) in [7, 11) is 1.58. The Hall–Kier alpha value is -1.79. The first-order chi connectivity index (χ1) is 8.90. The fourth-order valence-corrected chi connectivity index (χ4v) is 2.42. The van der Waals surface area contributed by atoms with Gasteiger partial charge in [-0.3, -0.25) is 9.59 Å². The molecular weight excluding hydrogens is 252 g/mol. The van der Waals surface area contributed by atoms with Crippen LogP contribution in [-0.4, -0.2) is 64.7 Å². The highest BCUT2D eigenvalue weighted by Crippen LogP contribution is 2.25. The van der Waals surface area contributed by atoms with Gasteiger partial charge in [-0.05, 0) is 18.8 Å². The van der Waals surface area contributed by atoms with Crippen molar-refractivity contribution < 1.29 is 24.6 Å². The van der Waals surface area contributed by atoms with Crippen LogP contribution in [0.15, 0.2) is 0 Å². The molecule has 1 aliphatic carbocycles. The molecule has 1 aliphatic rings. The molecule has 1 saturated carbocycles. The van der Waals surface area contributed by atoms with E-state index in [2.05, 4.69) is 0 Å². The molecule has 0 unspecified atom stereocenters. The summed E-state index contributed by atoms with van der Waals surface area (Å²) >= 11 is 0. The average Bonchev–Trinajstić information content (AvgIpc) is 2.78. The molecule has 108 valence electrons. The van der Waals surface area contributed by atoms with Gasteiger partial charge in [-0.25, -0.2) is 4.79 Å². The number of carboxylic acids is 2. The molecule has 2 amide bonds. The zero-order valence-corrected chi connectivity index (χ0v) is 11.0. The highest BCUT2D eigenvalue weighted by molar-refractivity contribution is 5.84. The number of carboxylic acid groups (broad SMARTS) is 2. The second-order valence-electron chi connectivity index (χ2n) is 4.96. The lowest BCUT2D eigenvalue weighted by Crippen LogP contribution is -2.47. The standard InChI is InChI=1S/C12H20N2O5/c1-13(6-9-4-2-3-5-9)12(19)14(7-10(15)16)8-11(17)18/h9H,2-8H2,1H3,(H,15,16)(H,17,18). The van der Waals surface area contributed by atoms with Crippen molar-refractivity contribution in [2.45, 2.75) is 25.7 Å². The van der Waals surface area contributed by atoms with E-state index >= 15 is 0 Å². The van der Waals surface area contributed by atoms with Gasteiger partial charge in [0, 0.05) is 13.6 Å². The van der Waals surface area contributed by atoms with Crippen molar-refractivity contribution >= 4 is 18.0 Å². The number of hydrogen-bond donors (Lipinski definition) is 2. The van der Waals surface area contributed by atoms with Crippen LogP contribution < -0.4 is 0 Å². The number of urea groups is 1. The Morgan fingerprint density at radius 2 is 1.53 bits per heavy atom. The molecule has 0 aromatic rings. The number of nitrogens with zero attached hydrogens (tertiary/aromatic N) is 2. The van der Waals surface area contributed by atoms with Crippen molar-refractivity contribution in [2.24, 2.45) is 5.92 Å². The van der Waals surface area contributed by atoms with E-state index in [0.29, 0.717) is 12.5 Å². The maximum absolute atomic E-state index is 12.0. The van der Waals surface area contributed by atoms with Crippen LogP contribution in [0.2, 0.25) is 0 Å². The van der Waals surface area contributed by atoms with E-state index in [4.69, 9.17) is 10.2 Å². The van der Waals surface area contributed by atoms with E-state index in [9.17, 15) is 14.4 Å². The summed E-state index contributed by atoms with van der Waals surface area (Å²) in [6.45, 7) is -0.644. The molecule has 2 N–H and O–H groups in total. The van der Waals surface area contributed by atoms with Crippen molar-refractivity contribution in [3.8, 4) is 0 Å². The SMILES string of the molecule is CN(CC1CCCC1)C(=O)N(CC(=O)O)CC(=O)O. The number of carbonyl (C=O) groups excluding carboxylic acids is 1. The van der Waals surface area contributed by atoms with Crippen LogP contribution in [0.5, 0.6) is 0 Å². The Bertz CT molecular complexity index is 336. The molecule has 7 heteroatoms. The van der Waals surface area contributed by atoms with Crippen molar-refractivity contribution in [3.63, 3.8) is 0 Å². The molecule has 0 heterocycles. The number of carbonyl (C=O) groups is 3. The van der Waals surface area contributed by atoms with Gasteiger partial charge in [0.2, 0.25) is 0 Å². The van der Waals surface area contributed by atoms with Gasteiger partial charge in [-0.1, -0.05) is 12.8 Å². The Balaban J connectivity index is 2.57. The van der Waals surface area contributed by atoms with Gasteiger partial charge in [0.25, 0.3) is 0 Å². The maximum atomic E-state index is 12.0. The van der Waals surface area contributed by atoms with Crippen molar-refractivity contribution in [1.29, 1.82) is 0 Å². The molecule has 1 rings (SSSR count). The third kappa shape index (κ3) is 5.15. The van der Waals surface area contributed by atoms with Crippen LogP contribution in [0.1, 0.15) is 25.7 Å². The summed E-state index contributed by atoms with van der Waals surface area (Å²) < 4.78 is 0. The summed E-state index contributed by atoms with van der Waals surface area (Å²) in [6.07, 6.45) is 4.44. The van der Waals surface area contributed by atoms with Crippen molar-refractivity contribution in [2.75, 3.05) is 26.7 Å². The predicted molar refractivity (Wildman–Crippen MR) is 66.8 cm³/mol. The average molecular weight is 272 g/mol. The summed E-state index contributed by atoms with van der Waals surface area (Å²) in [6, 6.07) is -0.545. The van der Waals surface area contributed by atoms with Crippen molar-refractivity contribution in [3.05, 3.63) is 0 Å². The van der Waals surface area contributed by atoms with Gasteiger partial charge in [0.05, 0.1) is 0 Å². The summed E-state index contributed by atoms with van der Waals surface area (Å²) in [5.74, 6) is -2.00. The van der Waals surface area contributed by atoms with Crippen LogP contribution in [0, 0.1) is 5.92 Å². The fraction of sp³-hybridized carbons (Fsp3) is 0.750. The van der Waals surface area contributed by atoms with Crippen LogP contribution in [0.3, 0.4) is 0 Å². The molecule has 1 fully saturated rings. The molecule has 0 saturated heterocycles. The Morgan fingerprint density at radius 3 is 1.95 bits per heavy atom. The normalized spacial score (nSPS) is 15.2. The van der Waals surface area contributed by atoms with Gasteiger partial charge in [-0.2, -0.15) is 0 Å². The zero-order valence-electron chi connectivity index (χ0n) is 11.0. The van der Waals surface area contributed by atoms with Gasteiger partial charge < -0.3 is 20.0 Å². The minimum Gasteiger partial charge on any atom is -0.480 e. The zero-order chi connectivity index (χ0) is 14.4. The molecule has 0 bridgehead atoms. The van der Waals surface area contributed by atoms with Crippen molar-refractivity contribution in [1.82, 2.24) is 9.80 Å². The third-order valence-corrected chi connectivity index (χ3v) is 3.26. The van der Waals surface area contributed by atoms with E-state index in [1.54, 1.807) is 7.05 Å². The molecule has 0 aliphatic heterocycles. The third-order valence-electron chi connectivity index (χ3n) is 3.26. The Kier molecular flexibility index (Phi) is 5.59. The maximum Gasteiger partial charge on any atom is 0.323 e. The van der Waals surface area contributed by atoms with Gasteiger partial charge >= 0.3 is 18.0 Å². The van der Waals surface area contributed by atoms with Gasteiger partial charge in [0.15, 0.2) is 0 Å². The quantitative estimate of drug-likeness (QED) is 0.741. The summed E-state index contributed by atoms with van der Waals surface area (Å²) in [4.78, 5) is 35.6. The summed E-state index contributed by atoms with van der Waals surface area (Å²) in [5.41, 5.74) is 0. The summed E-state index contributed by atoms with van der Waals surface area (Å²) in [5, 5.41) is 17.4. The van der Waals surface area contributed by atoms with Gasteiger partial charge in [0.1, 0.15) is 13.1 Å². The second kappa shape index (κ2) is 6.96. The highest BCUT2D eigenvalue weighted by Gasteiger charge is 2.25. The van der Waals surface area contributed by atoms with Crippen LogP contribution in [-0.2, 0) is 9.59 Å².